The number of phosphoric acid groups is 1. The lowest BCUT2D eigenvalue weighted by atomic mass is 10.0. The van der Waals surface area contributed by atoms with E-state index in [1.54, 1.807) is 6.26 Å². The number of rotatable bonds is 40. The van der Waals surface area contributed by atoms with Gasteiger partial charge in [-0.1, -0.05) is 174 Å². The lowest BCUT2D eigenvalue weighted by Gasteiger charge is -2.28. The Labute approximate surface area is 316 Å². The van der Waals surface area contributed by atoms with Crippen molar-refractivity contribution in [2.24, 2.45) is 0 Å². The van der Waals surface area contributed by atoms with E-state index in [-0.39, 0.29) is 25.8 Å². The van der Waals surface area contributed by atoms with Crippen LogP contribution in [0.25, 0.3) is 0 Å². The molecule has 8 nitrogen and oxygen atoms in total. The minimum absolute atomic E-state index is 0.0200. The highest BCUT2D eigenvalue weighted by atomic mass is 31.2. The van der Waals surface area contributed by atoms with Gasteiger partial charge in [0, 0.05) is 6.42 Å². The zero-order chi connectivity index (χ0) is 37.7. The molecule has 0 rings (SSSR count). The molecule has 0 bridgehead atoms. The summed E-state index contributed by atoms with van der Waals surface area (Å²) in [4.78, 5) is 24.9. The van der Waals surface area contributed by atoms with Crippen LogP contribution in [0.2, 0.25) is 0 Å². The van der Waals surface area contributed by atoms with Gasteiger partial charge in [-0.3, -0.25) is 9.36 Å². The normalized spacial score (nSPS) is 13.8. The van der Waals surface area contributed by atoms with E-state index >= 15 is 0 Å². The van der Waals surface area contributed by atoms with Crippen molar-refractivity contribution < 1.29 is 37.3 Å². The second-order valence-corrected chi connectivity index (χ2v) is 17.2. The number of ether oxygens (including phenoxy) is 2. The fraction of sp³-hybridized carbons (Fsp3) is 0.929. The first-order chi connectivity index (χ1) is 24.6. The van der Waals surface area contributed by atoms with E-state index in [1.807, 2.05) is 27.2 Å². The van der Waals surface area contributed by atoms with E-state index in [0.29, 0.717) is 17.4 Å². The molecule has 0 saturated carbocycles. The summed E-state index contributed by atoms with van der Waals surface area (Å²) in [5.74, 6) is -0.355. The predicted molar refractivity (Wildman–Crippen MR) is 213 cm³/mol. The fourth-order valence-corrected chi connectivity index (χ4v) is 6.77. The van der Waals surface area contributed by atoms with Crippen molar-refractivity contribution in [2.75, 3.05) is 47.5 Å². The maximum Gasteiger partial charge on any atom is 0.306 e. The van der Waals surface area contributed by atoms with Crippen LogP contribution in [0.5, 0.6) is 0 Å². The fourth-order valence-electron chi connectivity index (χ4n) is 6.04. The van der Waals surface area contributed by atoms with Gasteiger partial charge < -0.3 is 27.9 Å². The third-order valence-electron chi connectivity index (χ3n) is 9.41. The third-order valence-corrected chi connectivity index (χ3v) is 10.4. The molecule has 51 heavy (non-hydrogen) atoms. The third kappa shape index (κ3) is 40.1. The average molecular weight is 746 g/mol. The molecule has 0 aliphatic carbocycles. The molecule has 0 radical (unpaired) electrons. The van der Waals surface area contributed by atoms with Crippen LogP contribution in [0.15, 0.2) is 12.3 Å². The number of likely N-dealkylation sites (N-methyl/N-ethyl adjacent to an activating group) is 1. The van der Waals surface area contributed by atoms with E-state index < -0.39 is 13.9 Å². The first kappa shape index (κ1) is 50.1. The molecular weight excluding hydrogens is 661 g/mol. The summed E-state index contributed by atoms with van der Waals surface area (Å²) in [5, 5.41) is 0. The molecule has 0 saturated heterocycles. The van der Waals surface area contributed by atoms with Crippen LogP contribution in [0, 0.1) is 0 Å². The van der Waals surface area contributed by atoms with Gasteiger partial charge in [0.25, 0.3) is 7.82 Å². The molecule has 0 aliphatic heterocycles. The largest absolute Gasteiger partial charge is 0.756 e. The number of carbonyl (C=O) groups excluding carboxylic acids is 1. The summed E-state index contributed by atoms with van der Waals surface area (Å²) >= 11 is 0. The van der Waals surface area contributed by atoms with Crippen molar-refractivity contribution in [1.29, 1.82) is 0 Å². The zero-order valence-electron chi connectivity index (χ0n) is 34.3. The van der Waals surface area contributed by atoms with Gasteiger partial charge in [0.1, 0.15) is 19.8 Å². The number of nitrogens with zero attached hydrogens (tertiary/aromatic N) is 1. The molecular formula is C42H84NO7P. The molecule has 0 N–H and O–H groups in total. The maximum absolute atomic E-state index is 12.6. The van der Waals surface area contributed by atoms with Crippen molar-refractivity contribution in [3.8, 4) is 0 Å². The Balaban J connectivity index is 4.22. The number of quaternary nitrogens is 1. The van der Waals surface area contributed by atoms with Crippen LogP contribution < -0.4 is 4.89 Å². The predicted octanol–water partition coefficient (Wildman–Crippen LogP) is 12.0. The molecule has 0 aromatic heterocycles. The van der Waals surface area contributed by atoms with Crippen LogP contribution in [-0.2, 0) is 27.9 Å². The van der Waals surface area contributed by atoms with Crippen LogP contribution in [0.3, 0.4) is 0 Å². The van der Waals surface area contributed by atoms with Crippen molar-refractivity contribution in [3.05, 3.63) is 12.3 Å². The van der Waals surface area contributed by atoms with Gasteiger partial charge in [-0.25, -0.2) is 0 Å². The quantitative estimate of drug-likeness (QED) is 0.0203. The summed E-state index contributed by atoms with van der Waals surface area (Å²) in [6.45, 7) is 4.75. The van der Waals surface area contributed by atoms with Gasteiger partial charge >= 0.3 is 5.97 Å². The number of hydrogen-bond acceptors (Lipinski definition) is 7. The Bertz CT molecular complexity index is 833. The van der Waals surface area contributed by atoms with Gasteiger partial charge in [0.05, 0.1) is 34.0 Å². The molecule has 1 unspecified atom stereocenters. The summed E-state index contributed by atoms with van der Waals surface area (Å²) in [6.07, 6.45) is 38.9. The Morgan fingerprint density at radius 2 is 1.02 bits per heavy atom. The number of allylic oxidation sites excluding steroid dienone is 1. The molecule has 0 amide bonds. The van der Waals surface area contributed by atoms with Crippen molar-refractivity contribution in [1.82, 2.24) is 0 Å². The highest BCUT2D eigenvalue weighted by Crippen LogP contribution is 2.38. The van der Waals surface area contributed by atoms with Crippen molar-refractivity contribution >= 4 is 13.8 Å². The van der Waals surface area contributed by atoms with E-state index in [0.717, 1.165) is 32.1 Å². The standard InChI is InChI=1S/C42H84NO7P/c1-6-8-10-12-14-16-18-19-20-21-22-23-24-26-28-30-32-34-37-47-39-41(40-49-51(45,46)48-38-36-43(3,4)5)50-42(44)35-33-31-29-27-25-17-15-13-11-9-7-2/h34,37,41H,6-33,35-36,38-40H2,1-5H3/b37-34+/t41-/m0/s1. The molecule has 0 heterocycles. The maximum atomic E-state index is 12.6. The highest BCUT2D eigenvalue weighted by Gasteiger charge is 2.20. The number of esters is 1. The van der Waals surface area contributed by atoms with Crippen molar-refractivity contribution in [2.45, 2.75) is 206 Å². The molecule has 2 atom stereocenters. The van der Waals surface area contributed by atoms with Crippen LogP contribution >= 0.6 is 7.82 Å². The molecule has 9 heteroatoms. The monoisotopic (exact) mass is 746 g/mol. The minimum Gasteiger partial charge on any atom is -0.756 e. The second-order valence-electron chi connectivity index (χ2n) is 15.8. The smallest absolute Gasteiger partial charge is 0.306 e. The molecule has 0 aromatic rings. The van der Waals surface area contributed by atoms with Crippen LogP contribution in [-0.4, -0.2) is 64.1 Å². The van der Waals surface area contributed by atoms with Gasteiger partial charge in [-0.05, 0) is 25.3 Å². The second kappa shape index (κ2) is 36.1. The first-order valence-corrected chi connectivity index (χ1v) is 22.9. The van der Waals surface area contributed by atoms with Crippen molar-refractivity contribution in [3.63, 3.8) is 0 Å². The zero-order valence-corrected chi connectivity index (χ0v) is 35.2. The van der Waals surface area contributed by atoms with E-state index in [1.165, 1.54) is 148 Å². The van der Waals surface area contributed by atoms with Gasteiger partial charge in [0.2, 0.25) is 0 Å². The van der Waals surface area contributed by atoms with E-state index in [2.05, 4.69) is 13.8 Å². The Kier molecular flexibility index (Phi) is 35.4. The minimum atomic E-state index is -4.53. The molecule has 0 aliphatic rings. The van der Waals surface area contributed by atoms with Crippen LogP contribution in [0.4, 0.5) is 0 Å². The summed E-state index contributed by atoms with van der Waals surface area (Å²) < 4.78 is 34.3. The Hall–Kier alpha value is -0.920. The van der Waals surface area contributed by atoms with E-state index in [4.69, 9.17) is 18.5 Å². The molecule has 304 valence electrons. The topological polar surface area (TPSA) is 94.1 Å². The number of unbranched alkanes of at least 4 members (excludes halogenated alkanes) is 26. The number of hydrogen-bond donors (Lipinski definition) is 0. The summed E-state index contributed by atoms with van der Waals surface area (Å²) in [5.41, 5.74) is 0. The average Bonchev–Trinajstić information content (AvgIpc) is 3.08. The molecule has 0 aromatic carbocycles. The lowest BCUT2D eigenvalue weighted by Crippen LogP contribution is -2.37. The van der Waals surface area contributed by atoms with Gasteiger partial charge in [-0.15, -0.1) is 0 Å². The Morgan fingerprint density at radius 1 is 0.608 bits per heavy atom. The molecule has 0 fully saturated rings. The summed E-state index contributed by atoms with van der Waals surface area (Å²) in [7, 11) is 1.34. The van der Waals surface area contributed by atoms with Gasteiger partial charge in [0.15, 0.2) is 6.10 Å². The first-order valence-electron chi connectivity index (χ1n) is 21.5. The molecule has 0 spiro atoms. The van der Waals surface area contributed by atoms with Gasteiger partial charge in [-0.2, -0.15) is 0 Å². The number of phosphoric ester groups is 1. The Morgan fingerprint density at radius 3 is 1.45 bits per heavy atom. The highest BCUT2D eigenvalue weighted by molar-refractivity contribution is 7.45. The lowest BCUT2D eigenvalue weighted by molar-refractivity contribution is -0.870. The summed E-state index contributed by atoms with van der Waals surface area (Å²) in [6, 6.07) is 0. The van der Waals surface area contributed by atoms with Crippen LogP contribution in [0.1, 0.15) is 200 Å². The van der Waals surface area contributed by atoms with E-state index in [9.17, 15) is 14.3 Å². The number of carbonyl (C=O) groups is 1. The SMILES string of the molecule is CCCCCCCCCCCCCCCCCC/C=C/OC[C@@H](COP(=O)([O-])OCC[N+](C)(C)C)OC(=O)CCCCCCCCCCCCC.